The highest BCUT2D eigenvalue weighted by Gasteiger charge is 2.38. The largest absolute Gasteiger partial charge is 0.489 e. The molecule has 2 aromatic rings. The van der Waals surface area contributed by atoms with Crippen LogP contribution in [0, 0.1) is 25.7 Å². The fourth-order valence-electron chi connectivity index (χ4n) is 4.45. The highest BCUT2D eigenvalue weighted by molar-refractivity contribution is 5.79. The summed E-state index contributed by atoms with van der Waals surface area (Å²) in [5.41, 5.74) is 5.27. The van der Waals surface area contributed by atoms with Crippen molar-refractivity contribution in [2.75, 3.05) is 0 Å². The van der Waals surface area contributed by atoms with Crippen molar-refractivity contribution in [1.82, 2.24) is 10.3 Å². The Kier molecular flexibility index (Phi) is 5.59. The lowest BCUT2D eigenvalue weighted by Crippen LogP contribution is -2.38. The van der Waals surface area contributed by atoms with E-state index < -0.39 is 6.10 Å². The number of aliphatic hydroxyl groups is 1. The molecule has 1 fully saturated rings. The van der Waals surface area contributed by atoms with Crippen molar-refractivity contribution in [3.05, 3.63) is 58.4 Å². The smallest absolute Gasteiger partial charge is 0.223 e. The molecule has 5 heteroatoms. The number of rotatable bonds is 6. The number of aromatic nitrogens is 1. The second kappa shape index (κ2) is 8.15. The van der Waals surface area contributed by atoms with Gasteiger partial charge < -0.3 is 15.2 Å². The summed E-state index contributed by atoms with van der Waals surface area (Å²) in [6.45, 7) is 6.47. The molecule has 5 nitrogen and oxygen atoms in total. The Morgan fingerprint density at radius 3 is 2.83 bits per heavy atom. The third-order valence-corrected chi connectivity index (χ3v) is 6.45. The molecule has 2 aliphatic rings. The van der Waals surface area contributed by atoms with E-state index >= 15 is 0 Å². The summed E-state index contributed by atoms with van der Waals surface area (Å²) in [7, 11) is 0. The second-order valence-electron chi connectivity index (χ2n) is 8.58. The van der Waals surface area contributed by atoms with Crippen LogP contribution in [-0.4, -0.2) is 22.0 Å². The van der Waals surface area contributed by atoms with Gasteiger partial charge in [-0.05, 0) is 73.9 Å². The van der Waals surface area contributed by atoms with Gasteiger partial charge in [-0.15, -0.1) is 0 Å². The minimum Gasteiger partial charge on any atom is -0.489 e. The maximum absolute atomic E-state index is 12.6. The van der Waals surface area contributed by atoms with Crippen molar-refractivity contribution >= 4 is 5.91 Å². The summed E-state index contributed by atoms with van der Waals surface area (Å²) < 4.78 is 6.09. The van der Waals surface area contributed by atoms with Crippen molar-refractivity contribution in [2.24, 2.45) is 11.8 Å². The first-order valence-corrected chi connectivity index (χ1v) is 10.6. The molecule has 4 rings (SSSR count). The van der Waals surface area contributed by atoms with E-state index in [0.717, 1.165) is 53.7 Å². The van der Waals surface area contributed by atoms with Gasteiger partial charge in [0.15, 0.2) is 0 Å². The van der Waals surface area contributed by atoms with Crippen LogP contribution in [-0.2, 0) is 17.8 Å². The Morgan fingerprint density at radius 1 is 1.34 bits per heavy atom. The van der Waals surface area contributed by atoms with Gasteiger partial charge >= 0.3 is 0 Å². The van der Waals surface area contributed by atoms with Gasteiger partial charge in [0.1, 0.15) is 12.4 Å². The van der Waals surface area contributed by atoms with Crippen LogP contribution in [0.4, 0.5) is 0 Å². The molecule has 0 spiro atoms. The van der Waals surface area contributed by atoms with Crippen LogP contribution >= 0.6 is 0 Å². The number of fused-ring (bicyclic) bond motifs is 1. The Hall–Kier alpha value is -2.40. The second-order valence-corrected chi connectivity index (χ2v) is 8.58. The normalized spacial score (nSPS) is 21.9. The van der Waals surface area contributed by atoms with Gasteiger partial charge in [0.2, 0.25) is 5.91 Å². The number of ether oxygens (including phenoxy) is 1. The summed E-state index contributed by atoms with van der Waals surface area (Å²) in [6.07, 6.45) is 6.74. The number of benzene rings is 1. The van der Waals surface area contributed by atoms with Crippen molar-refractivity contribution in [3.63, 3.8) is 0 Å². The van der Waals surface area contributed by atoms with E-state index in [1.165, 1.54) is 5.56 Å². The predicted molar refractivity (Wildman–Crippen MR) is 112 cm³/mol. The third-order valence-electron chi connectivity index (χ3n) is 6.45. The molecule has 154 valence electrons. The molecule has 29 heavy (non-hydrogen) atoms. The topological polar surface area (TPSA) is 71.5 Å². The van der Waals surface area contributed by atoms with Crippen molar-refractivity contribution in [3.8, 4) is 5.75 Å². The molecule has 0 unspecified atom stereocenters. The van der Waals surface area contributed by atoms with Gasteiger partial charge in [-0.25, -0.2) is 0 Å². The number of nitrogens with one attached hydrogen (secondary N) is 1. The minimum absolute atomic E-state index is 0.0679. The van der Waals surface area contributed by atoms with Crippen molar-refractivity contribution in [1.29, 1.82) is 0 Å². The molecule has 0 bridgehead atoms. The lowest BCUT2D eigenvalue weighted by Gasteiger charge is -2.36. The molecule has 3 atom stereocenters. The summed E-state index contributed by atoms with van der Waals surface area (Å²) in [5.74, 6) is 0.574. The van der Waals surface area contributed by atoms with Gasteiger partial charge in [0, 0.05) is 35.8 Å². The maximum Gasteiger partial charge on any atom is 0.223 e. The predicted octanol–water partition coefficient (Wildman–Crippen LogP) is 3.79. The fourth-order valence-corrected chi connectivity index (χ4v) is 4.45. The molecule has 2 aliphatic carbocycles. The fraction of sp³-hybridized carbons (Fsp3) is 0.500. The van der Waals surface area contributed by atoms with E-state index in [-0.39, 0.29) is 17.7 Å². The highest BCUT2D eigenvalue weighted by Crippen LogP contribution is 2.44. The number of amides is 1. The van der Waals surface area contributed by atoms with Gasteiger partial charge in [-0.2, -0.15) is 0 Å². The average Bonchev–Trinajstić information content (AvgIpc) is 3.53. The summed E-state index contributed by atoms with van der Waals surface area (Å²) in [4.78, 5) is 16.7. The number of nitrogens with zero attached hydrogens (tertiary/aromatic N) is 1. The summed E-state index contributed by atoms with van der Waals surface area (Å²) >= 11 is 0. The van der Waals surface area contributed by atoms with Crippen LogP contribution in [0.25, 0.3) is 0 Å². The number of carbonyl (C=O) groups is 1. The van der Waals surface area contributed by atoms with Gasteiger partial charge in [-0.3, -0.25) is 9.78 Å². The van der Waals surface area contributed by atoms with E-state index in [2.05, 4.69) is 23.3 Å². The molecule has 1 saturated carbocycles. The first kappa shape index (κ1) is 19.9. The Balaban J connectivity index is 1.56. The molecule has 0 radical (unpaired) electrons. The average molecular weight is 395 g/mol. The first-order chi connectivity index (χ1) is 14.0. The number of carbonyl (C=O) groups excluding carboxylic acids is 1. The Bertz CT molecular complexity index is 893. The molecular formula is C24H30N2O3. The first-order valence-electron chi connectivity index (χ1n) is 10.6. The molecule has 1 amide bonds. The van der Waals surface area contributed by atoms with Gasteiger partial charge in [0.25, 0.3) is 0 Å². The number of aliphatic hydroxyl groups excluding tert-OH is 1. The van der Waals surface area contributed by atoms with Crippen LogP contribution < -0.4 is 10.1 Å². The van der Waals surface area contributed by atoms with E-state index in [1.54, 1.807) is 12.4 Å². The zero-order chi connectivity index (χ0) is 20.5. The molecule has 2 N–H and O–H groups in total. The lowest BCUT2D eigenvalue weighted by atomic mass is 9.72. The van der Waals surface area contributed by atoms with E-state index in [9.17, 15) is 9.90 Å². The quantitative estimate of drug-likeness (QED) is 0.782. The summed E-state index contributed by atoms with van der Waals surface area (Å²) in [6, 6.07) is 6.29. The van der Waals surface area contributed by atoms with Crippen LogP contribution in [0.2, 0.25) is 0 Å². The van der Waals surface area contributed by atoms with Crippen molar-refractivity contribution in [2.45, 2.75) is 65.2 Å². The molecule has 0 aliphatic heterocycles. The molecule has 0 saturated heterocycles. The van der Waals surface area contributed by atoms with Gasteiger partial charge in [0.05, 0.1) is 6.10 Å². The summed E-state index contributed by atoms with van der Waals surface area (Å²) in [5, 5.41) is 14.4. The molecule has 1 heterocycles. The maximum atomic E-state index is 12.6. The zero-order valence-corrected chi connectivity index (χ0v) is 17.4. The van der Waals surface area contributed by atoms with Gasteiger partial charge in [-0.1, -0.05) is 13.0 Å². The van der Waals surface area contributed by atoms with E-state index in [0.29, 0.717) is 12.6 Å². The number of pyridine rings is 1. The molecular weight excluding hydrogens is 364 g/mol. The standard InChI is InChI=1S/C24H30N2O3/c1-14-11-21(29-13-17-5-4-10-25-12-17)16(3)22-19(14)8-9-20(23(22)27)15(2)24(28)26-18-6-7-18/h4-5,10-12,15,18,20,23,27H,6-9,13H2,1-3H3,(H,26,28)/t15-,20-,23+/m0/s1. The Morgan fingerprint density at radius 2 is 2.14 bits per heavy atom. The van der Waals surface area contributed by atoms with Crippen LogP contribution in [0.1, 0.15) is 60.1 Å². The number of hydrogen-bond acceptors (Lipinski definition) is 4. The lowest BCUT2D eigenvalue weighted by molar-refractivity contribution is -0.128. The van der Waals surface area contributed by atoms with Crippen LogP contribution in [0.15, 0.2) is 30.6 Å². The molecule has 1 aromatic carbocycles. The zero-order valence-electron chi connectivity index (χ0n) is 17.4. The third kappa shape index (κ3) is 4.15. The molecule has 1 aromatic heterocycles. The highest BCUT2D eigenvalue weighted by atomic mass is 16.5. The number of hydrogen-bond donors (Lipinski definition) is 2. The SMILES string of the molecule is Cc1cc(OCc2cccnc2)c(C)c2c1CC[C@@H]([C@H](C)C(=O)NC1CC1)[C@H]2O. The van der Waals surface area contributed by atoms with Crippen LogP contribution in [0.5, 0.6) is 5.75 Å². The van der Waals surface area contributed by atoms with Crippen LogP contribution in [0.3, 0.4) is 0 Å². The Labute approximate surface area is 172 Å². The number of aryl methyl sites for hydroxylation is 1. The minimum atomic E-state index is -0.653. The van der Waals surface area contributed by atoms with E-state index in [1.807, 2.05) is 26.0 Å². The monoisotopic (exact) mass is 394 g/mol. The van der Waals surface area contributed by atoms with E-state index in [4.69, 9.17) is 4.74 Å². The van der Waals surface area contributed by atoms with Crippen molar-refractivity contribution < 1.29 is 14.6 Å².